The average molecular weight is 179 g/mol. The van der Waals surface area contributed by atoms with E-state index in [0.29, 0.717) is 6.54 Å². The zero-order valence-electron chi connectivity index (χ0n) is 7.53. The van der Waals surface area contributed by atoms with Crippen LogP contribution in [0.5, 0.6) is 0 Å². The van der Waals surface area contributed by atoms with E-state index in [4.69, 9.17) is 5.11 Å². The summed E-state index contributed by atoms with van der Waals surface area (Å²) in [6.07, 6.45) is 0. The molecule has 1 aromatic carbocycles. The summed E-state index contributed by atoms with van der Waals surface area (Å²) in [5, 5.41) is 11.7. The third-order valence-electron chi connectivity index (χ3n) is 1.81. The highest BCUT2D eigenvalue weighted by Gasteiger charge is 2.09. The van der Waals surface area contributed by atoms with E-state index in [1.165, 1.54) is 0 Å². The summed E-state index contributed by atoms with van der Waals surface area (Å²) in [4.78, 5) is 10.5. The van der Waals surface area contributed by atoms with Crippen LogP contribution in [0.25, 0.3) is 0 Å². The smallest absolute Gasteiger partial charge is 0.308 e. The molecule has 0 aliphatic carbocycles. The fourth-order valence-corrected chi connectivity index (χ4v) is 0.914. The molecule has 0 fully saturated rings. The number of para-hydroxylation sites is 1. The minimum atomic E-state index is -0.775. The maximum absolute atomic E-state index is 10.5. The molecule has 0 aliphatic rings. The first-order chi connectivity index (χ1) is 6.20. The number of hydrogen-bond acceptors (Lipinski definition) is 2. The van der Waals surface area contributed by atoms with E-state index in [1.807, 2.05) is 30.3 Å². The second kappa shape index (κ2) is 4.50. The molecule has 3 nitrogen and oxygen atoms in total. The zero-order chi connectivity index (χ0) is 9.68. The van der Waals surface area contributed by atoms with Crippen LogP contribution in [0.1, 0.15) is 6.92 Å². The summed E-state index contributed by atoms with van der Waals surface area (Å²) < 4.78 is 0. The van der Waals surface area contributed by atoms with Gasteiger partial charge in [-0.15, -0.1) is 0 Å². The molecule has 1 atom stereocenters. The Morgan fingerprint density at radius 2 is 2.08 bits per heavy atom. The van der Waals surface area contributed by atoms with Gasteiger partial charge in [-0.3, -0.25) is 4.79 Å². The maximum Gasteiger partial charge on any atom is 0.308 e. The van der Waals surface area contributed by atoms with Gasteiger partial charge in [0.25, 0.3) is 0 Å². The second-order valence-electron chi connectivity index (χ2n) is 2.99. The molecule has 0 spiro atoms. The number of hydrogen-bond donors (Lipinski definition) is 2. The molecule has 1 aromatic rings. The van der Waals surface area contributed by atoms with Crippen molar-refractivity contribution >= 4 is 11.7 Å². The topological polar surface area (TPSA) is 49.3 Å². The van der Waals surface area contributed by atoms with Gasteiger partial charge in [0.15, 0.2) is 0 Å². The molecule has 1 unspecified atom stereocenters. The first-order valence-corrected chi connectivity index (χ1v) is 4.22. The van der Waals surface area contributed by atoms with Gasteiger partial charge in [-0.05, 0) is 12.1 Å². The third-order valence-corrected chi connectivity index (χ3v) is 1.81. The highest BCUT2D eigenvalue weighted by Crippen LogP contribution is 2.06. The molecule has 70 valence electrons. The predicted octanol–water partition coefficient (Wildman–Crippen LogP) is 1.82. The number of aliphatic carboxylic acids is 1. The van der Waals surface area contributed by atoms with E-state index in [1.54, 1.807) is 6.92 Å². The van der Waals surface area contributed by atoms with E-state index in [0.717, 1.165) is 5.69 Å². The minimum Gasteiger partial charge on any atom is -0.481 e. The third kappa shape index (κ3) is 3.15. The van der Waals surface area contributed by atoms with Crippen molar-refractivity contribution in [1.82, 2.24) is 0 Å². The lowest BCUT2D eigenvalue weighted by atomic mass is 10.2. The summed E-state index contributed by atoms with van der Waals surface area (Å²) in [6.45, 7) is 2.14. The Bertz CT molecular complexity index is 272. The van der Waals surface area contributed by atoms with Gasteiger partial charge in [0.05, 0.1) is 5.92 Å². The Balaban J connectivity index is 2.39. The Hall–Kier alpha value is -1.51. The van der Waals surface area contributed by atoms with Crippen molar-refractivity contribution in [1.29, 1.82) is 0 Å². The van der Waals surface area contributed by atoms with Crippen LogP contribution in [0.4, 0.5) is 5.69 Å². The summed E-state index contributed by atoms with van der Waals surface area (Å²) >= 11 is 0. The largest absolute Gasteiger partial charge is 0.481 e. The van der Waals surface area contributed by atoms with Gasteiger partial charge in [0.1, 0.15) is 0 Å². The van der Waals surface area contributed by atoms with Crippen molar-refractivity contribution in [2.45, 2.75) is 6.92 Å². The molecule has 3 heteroatoms. The first kappa shape index (κ1) is 9.58. The predicted molar refractivity (Wildman–Crippen MR) is 51.7 cm³/mol. The van der Waals surface area contributed by atoms with Crippen LogP contribution in [0, 0.1) is 5.92 Å². The molecule has 13 heavy (non-hydrogen) atoms. The Morgan fingerprint density at radius 1 is 1.46 bits per heavy atom. The van der Waals surface area contributed by atoms with E-state index >= 15 is 0 Å². The molecule has 0 saturated heterocycles. The Labute approximate surface area is 77.4 Å². The van der Waals surface area contributed by atoms with Crippen molar-refractivity contribution in [2.24, 2.45) is 5.92 Å². The lowest BCUT2D eigenvalue weighted by molar-refractivity contribution is -0.140. The van der Waals surface area contributed by atoms with Gasteiger partial charge in [0.2, 0.25) is 0 Å². The van der Waals surface area contributed by atoms with Crippen molar-refractivity contribution in [3.63, 3.8) is 0 Å². The van der Waals surface area contributed by atoms with Crippen LogP contribution in [0.2, 0.25) is 0 Å². The van der Waals surface area contributed by atoms with Crippen molar-refractivity contribution < 1.29 is 9.90 Å². The molecule has 2 N–H and O–H groups in total. The standard InChI is InChI=1S/C10H13NO2/c1-8(10(12)13)7-11-9-5-3-2-4-6-9/h2-6,8,11H,7H2,1H3,(H,12,13). The van der Waals surface area contributed by atoms with Crippen LogP contribution in [-0.2, 0) is 4.79 Å². The Morgan fingerprint density at radius 3 is 2.62 bits per heavy atom. The van der Waals surface area contributed by atoms with Crippen molar-refractivity contribution in [2.75, 3.05) is 11.9 Å². The molecule has 0 radical (unpaired) electrons. The number of rotatable bonds is 4. The number of carboxylic acids is 1. The second-order valence-corrected chi connectivity index (χ2v) is 2.99. The molecule has 1 rings (SSSR count). The molecular formula is C10H13NO2. The van der Waals surface area contributed by atoms with E-state index < -0.39 is 5.97 Å². The summed E-state index contributed by atoms with van der Waals surface area (Å²) in [5.74, 6) is -1.14. The summed E-state index contributed by atoms with van der Waals surface area (Å²) in [7, 11) is 0. The summed E-state index contributed by atoms with van der Waals surface area (Å²) in [6, 6.07) is 9.57. The molecule has 0 heterocycles. The lowest BCUT2D eigenvalue weighted by Gasteiger charge is -2.08. The van der Waals surface area contributed by atoms with Gasteiger partial charge in [-0.25, -0.2) is 0 Å². The number of nitrogens with one attached hydrogen (secondary N) is 1. The lowest BCUT2D eigenvalue weighted by Crippen LogP contribution is -2.19. The minimum absolute atomic E-state index is 0.361. The molecule has 0 bridgehead atoms. The Kier molecular flexibility index (Phi) is 3.31. The molecule has 0 saturated carbocycles. The van der Waals surface area contributed by atoms with Crippen molar-refractivity contribution in [3.05, 3.63) is 30.3 Å². The van der Waals surface area contributed by atoms with Gasteiger partial charge in [-0.2, -0.15) is 0 Å². The molecule has 0 aliphatic heterocycles. The van der Waals surface area contributed by atoms with Gasteiger partial charge in [-0.1, -0.05) is 25.1 Å². The molecule has 0 aromatic heterocycles. The number of benzene rings is 1. The first-order valence-electron chi connectivity index (χ1n) is 4.22. The molecular weight excluding hydrogens is 166 g/mol. The van der Waals surface area contributed by atoms with E-state index in [9.17, 15) is 4.79 Å². The van der Waals surface area contributed by atoms with Gasteiger partial charge >= 0.3 is 5.97 Å². The summed E-state index contributed by atoms with van der Waals surface area (Å²) in [5.41, 5.74) is 0.954. The normalized spacial score (nSPS) is 12.1. The van der Waals surface area contributed by atoms with Gasteiger partial charge in [0, 0.05) is 12.2 Å². The monoisotopic (exact) mass is 179 g/mol. The zero-order valence-corrected chi connectivity index (χ0v) is 7.53. The van der Waals surface area contributed by atoms with E-state index in [2.05, 4.69) is 5.32 Å². The van der Waals surface area contributed by atoms with Crippen molar-refractivity contribution in [3.8, 4) is 0 Å². The quantitative estimate of drug-likeness (QED) is 0.741. The highest BCUT2D eigenvalue weighted by atomic mass is 16.4. The average Bonchev–Trinajstić information content (AvgIpc) is 2.15. The SMILES string of the molecule is CC(CNc1ccccc1)C(=O)O. The van der Waals surface area contributed by atoms with Crippen LogP contribution < -0.4 is 5.32 Å². The van der Waals surface area contributed by atoms with Crippen LogP contribution in [0.15, 0.2) is 30.3 Å². The maximum atomic E-state index is 10.5. The number of carboxylic acid groups (broad SMARTS) is 1. The number of carbonyl (C=O) groups is 1. The highest BCUT2D eigenvalue weighted by molar-refractivity contribution is 5.70. The van der Waals surface area contributed by atoms with Crippen LogP contribution in [-0.4, -0.2) is 17.6 Å². The fraction of sp³-hybridized carbons (Fsp3) is 0.300. The van der Waals surface area contributed by atoms with Crippen LogP contribution >= 0.6 is 0 Å². The molecule has 0 amide bonds. The van der Waals surface area contributed by atoms with Crippen LogP contribution in [0.3, 0.4) is 0 Å². The van der Waals surface area contributed by atoms with E-state index in [-0.39, 0.29) is 5.92 Å². The number of anilines is 1. The fourth-order valence-electron chi connectivity index (χ4n) is 0.914. The van der Waals surface area contributed by atoms with Gasteiger partial charge < -0.3 is 10.4 Å².